The van der Waals surface area contributed by atoms with Gasteiger partial charge in [-0.1, -0.05) is 35.8 Å². The summed E-state index contributed by atoms with van der Waals surface area (Å²) in [4.78, 5) is 25.4. The van der Waals surface area contributed by atoms with E-state index in [0.717, 1.165) is 18.2 Å². The first-order valence-corrected chi connectivity index (χ1v) is 7.10. The van der Waals surface area contributed by atoms with Crippen molar-refractivity contribution in [2.75, 3.05) is 11.9 Å². The molecular formula is C13H19BrN2O2. The summed E-state index contributed by atoms with van der Waals surface area (Å²) < 4.78 is 0. The Balaban J connectivity index is 2.53. The summed E-state index contributed by atoms with van der Waals surface area (Å²) in [5, 5.41) is 3.82. The number of hydrogen-bond acceptors (Lipinski definition) is 2. The van der Waals surface area contributed by atoms with Crippen LogP contribution in [-0.4, -0.2) is 22.8 Å². The fraction of sp³-hybridized carbons (Fsp3) is 0.538. The van der Waals surface area contributed by atoms with Crippen LogP contribution in [-0.2, 0) is 0 Å². The molecule has 4 nitrogen and oxygen atoms in total. The Bertz CT molecular complexity index is 454. The third-order valence-corrected chi connectivity index (χ3v) is 3.29. The van der Waals surface area contributed by atoms with E-state index in [0.29, 0.717) is 12.2 Å². The number of carbonyl (C=O) groups excluding carboxylic acids is 1. The summed E-state index contributed by atoms with van der Waals surface area (Å²) in [5.41, 5.74) is 0.0957. The van der Waals surface area contributed by atoms with Crippen LogP contribution in [0.25, 0.3) is 0 Å². The van der Waals surface area contributed by atoms with Gasteiger partial charge in [0, 0.05) is 17.9 Å². The Labute approximate surface area is 115 Å². The first-order valence-electron chi connectivity index (χ1n) is 5.98. The standard InChI is InChI=1S/C13H19BrN2O2/c1-13(2,7-4-8-14)9-15-12(18)10-5-3-6-11(17)16-10/h3,5-6H,4,7-9H2,1-2H3,(H,15,18)(H,16,17). The van der Waals surface area contributed by atoms with Crippen molar-refractivity contribution in [2.45, 2.75) is 26.7 Å². The molecule has 18 heavy (non-hydrogen) atoms. The average molecular weight is 315 g/mol. The summed E-state index contributed by atoms with van der Waals surface area (Å²) >= 11 is 3.40. The maximum Gasteiger partial charge on any atom is 0.267 e. The van der Waals surface area contributed by atoms with Crippen LogP contribution in [0.1, 0.15) is 37.2 Å². The Morgan fingerprint density at radius 2 is 2.17 bits per heavy atom. The molecule has 1 aromatic rings. The highest BCUT2D eigenvalue weighted by Gasteiger charge is 2.18. The highest BCUT2D eigenvalue weighted by atomic mass is 79.9. The van der Waals surface area contributed by atoms with Crippen LogP contribution >= 0.6 is 15.9 Å². The van der Waals surface area contributed by atoms with Crippen LogP contribution in [0.15, 0.2) is 23.0 Å². The number of carbonyl (C=O) groups is 1. The van der Waals surface area contributed by atoms with E-state index in [1.807, 2.05) is 0 Å². The summed E-state index contributed by atoms with van der Waals surface area (Å²) in [6.07, 6.45) is 2.11. The number of aromatic amines is 1. The van der Waals surface area contributed by atoms with Crippen molar-refractivity contribution < 1.29 is 4.79 Å². The topological polar surface area (TPSA) is 62.0 Å². The molecule has 1 rings (SSSR count). The zero-order chi connectivity index (χ0) is 13.6. The maximum atomic E-state index is 11.8. The molecular weight excluding hydrogens is 296 g/mol. The Morgan fingerprint density at radius 1 is 1.44 bits per heavy atom. The SMILES string of the molecule is CC(C)(CCCBr)CNC(=O)c1cccc(=O)[nH]1. The lowest BCUT2D eigenvalue weighted by Gasteiger charge is -2.24. The van der Waals surface area contributed by atoms with E-state index in [4.69, 9.17) is 0 Å². The molecule has 0 aliphatic carbocycles. The van der Waals surface area contributed by atoms with Crippen molar-refractivity contribution in [3.05, 3.63) is 34.2 Å². The molecule has 0 atom stereocenters. The monoisotopic (exact) mass is 314 g/mol. The molecule has 1 aromatic heterocycles. The maximum absolute atomic E-state index is 11.8. The number of halogens is 1. The van der Waals surface area contributed by atoms with Crippen LogP contribution in [0.3, 0.4) is 0 Å². The Morgan fingerprint density at radius 3 is 2.78 bits per heavy atom. The van der Waals surface area contributed by atoms with E-state index in [2.05, 4.69) is 40.1 Å². The van der Waals surface area contributed by atoms with Crippen molar-refractivity contribution in [3.63, 3.8) is 0 Å². The van der Waals surface area contributed by atoms with Crippen molar-refractivity contribution in [1.82, 2.24) is 10.3 Å². The lowest BCUT2D eigenvalue weighted by molar-refractivity contribution is 0.0929. The molecule has 0 aliphatic rings. The summed E-state index contributed by atoms with van der Waals surface area (Å²) in [7, 11) is 0. The van der Waals surface area contributed by atoms with Gasteiger partial charge >= 0.3 is 0 Å². The molecule has 0 spiro atoms. The number of alkyl halides is 1. The van der Waals surface area contributed by atoms with Gasteiger partial charge in [0.05, 0.1) is 0 Å². The molecule has 2 N–H and O–H groups in total. The average Bonchev–Trinajstić information content (AvgIpc) is 2.34. The summed E-state index contributed by atoms with van der Waals surface area (Å²) in [6, 6.07) is 4.56. The Hall–Kier alpha value is -1.10. The number of H-pyrrole nitrogens is 1. The van der Waals surface area contributed by atoms with Crippen molar-refractivity contribution in [2.24, 2.45) is 5.41 Å². The largest absolute Gasteiger partial charge is 0.350 e. The first kappa shape index (κ1) is 15.0. The third kappa shape index (κ3) is 5.04. The number of rotatable bonds is 6. The van der Waals surface area contributed by atoms with Crippen LogP contribution in [0.5, 0.6) is 0 Å². The van der Waals surface area contributed by atoms with Gasteiger partial charge in [0.1, 0.15) is 5.69 Å². The van der Waals surface area contributed by atoms with E-state index >= 15 is 0 Å². The smallest absolute Gasteiger partial charge is 0.267 e. The second-order valence-electron chi connectivity index (χ2n) is 5.07. The second kappa shape index (κ2) is 6.73. The minimum atomic E-state index is -0.263. The fourth-order valence-electron chi connectivity index (χ4n) is 1.63. The van der Waals surface area contributed by atoms with Crippen LogP contribution in [0.2, 0.25) is 0 Å². The van der Waals surface area contributed by atoms with Gasteiger partial charge in [0.2, 0.25) is 5.56 Å². The first-order chi connectivity index (χ1) is 8.44. The van der Waals surface area contributed by atoms with Gasteiger partial charge in [-0.3, -0.25) is 9.59 Å². The normalized spacial score (nSPS) is 11.3. The minimum Gasteiger partial charge on any atom is -0.350 e. The van der Waals surface area contributed by atoms with Crippen LogP contribution in [0, 0.1) is 5.41 Å². The molecule has 0 bridgehead atoms. The zero-order valence-corrected chi connectivity index (χ0v) is 12.3. The van der Waals surface area contributed by atoms with Gasteiger partial charge in [0.25, 0.3) is 5.91 Å². The number of amides is 1. The molecule has 0 radical (unpaired) electrons. The number of nitrogens with one attached hydrogen (secondary N) is 2. The van der Waals surface area contributed by atoms with E-state index < -0.39 is 0 Å². The summed E-state index contributed by atoms with van der Waals surface area (Å²) in [6.45, 7) is 4.82. The molecule has 0 saturated carbocycles. The van der Waals surface area contributed by atoms with Crippen molar-refractivity contribution in [1.29, 1.82) is 0 Å². The molecule has 0 fully saturated rings. The second-order valence-corrected chi connectivity index (χ2v) is 5.86. The lowest BCUT2D eigenvalue weighted by atomic mass is 9.88. The predicted molar refractivity (Wildman–Crippen MR) is 76.2 cm³/mol. The van der Waals surface area contributed by atoms with Gasteiger partial charge < -0.3 is 10.3 Å². The lowest BCUT2D eigenvalue weighted by Crippen LogP contribution is -2.35. The van der Waals surface area contributed by atoms with Gasteiger partial charge in [-0.25, -0.2) is 0 Å². The van der Waals surface area contributed by atoms with Crippen LogP contribution in [0.4, 0.5) is 0 Å². The molecule has 0 saturated heterocycles. The van der Waals surface area contributed by atoms with E-state index in [-0.39, 0.29) is 16.9 Å². The van der Waals surface area contributed by atoms with Gasteiger partial charge in [0.15, 0.2) is 0 Å². The molecule has 1 heterocycles. The fourth-order valence-corrected chi connectivity index (χ4v) is 1.91. The van der Waals surface area contributed by atoms with Gasteiger partial charge in [-0.15, -0.1) is 0 Å². The summed E-state index contributed by atoms with van der Waals surface area (Å²) in [5.74, 6) is -0.236. The van der Waals surface area contributed by atoms with Crippen molar-refractivity contribution in [3.8, 4) is 0 Å². The van der Waals surface area contributed by atoms with E-state index in [1.54, 1.807) is 12.1 Å². The quantitative estimate of drug-likeness (QED) is 0.791. The molecule has 0 aromatic carbocycles. The van der Waals surface area contributed by atoms with E-state index in [9.17, 15) is 9.59 Å². The van der Waals surface area contributed by atoms with Gasteiger partial charge in [-0.2, -0.15) is 0 Å². The third-order valence-electron chi connectivity index (χ3n) is 2.73. The zero-order valence-electron chi connectivity index (χ0n) is 10.8. The van der Waals surface area contributed by atoms with E-state index in [1.165, 1.54) is 6.07 Å². The van der Waals surface area contributed by atoms with Crippen molar-refractivity contribution >= 4 is 21.8 Å². The number of aromatic nitrogens is 1. The molecule has 5 heteroatoms. The Kier molecular flexibility index (Phi) is 5.59. The molecule has 0 aliphatic heterocycles. The molecule has 0 unspecified atom stereocenters. The van der Waals surface area contributed by atoms with Crippen LogP contribution < -0.4 is 10.9 Å². The minimum absolute atomic E-state index is 0.0541. The molecule has 100 valence electrons. The number of pyridine rings is 1. The highest BCUT2D eigenvalue weighted by Crippen LogP contribution is 2.21. The van der Waals surface area contributed by atoms with Gasteiger partial charge in [-0.05, 0) is 24.3 Å². The number of hydrogen-bond donors (Lipinski definition) is 2. The molecule has 1 amide bonds. The highest BCUT2D eigenvalue weighted by molar-refractivity contribution is 9.09. The predicted octanol–water partition coefficient (Wildman–Crippen LogP) is 2.31.